The molecule has 3 atom stereocenters. The van der Waals surface area contributed by atoms with E-state index in [1.165, 1.54) is 39.7 Å². The standard InChI is InChI=1S/C18H24INO.C5H6S/c1-3-4-5-6-10-20-12-15-16(17(20)21)18(15,2)13-8-7-9-14(19)11-13;1-5-3-2-4-6-5/h7-9,11,15-16H,3-6,10,12H2,1-2H3;2-4H,1H3. The Balaban J connectivity index is 0.000000299. The Labute approximate surface area is 181 Å². The maximum atomic E-state index is 12.6. The molecule has 2 nitrogen and oxygen atoms in total. The van der Waals surface area contributed by atoms with Gasteiger partial charge in [0.1, 0.15) is 0 Å². The first kappa shape index (κ1) is 20.8. The second-order valence-electron chi connectivity index (χ2n) is 7.95. The van der Waals surface area contributed by atoms with Crippen LogP contribution in [-0.4, -0.2) is 23.9 Å². The number of nitrogens with zero attached hydrogens (tertiary/aromatic N) is 1. The van der Waals surface area contributed by atoms with Crippen molar-refractivity contribution in [2.45, 2.75) is 51.9 Å². The maximum absolute atomic E-state index is 12.6. The van der Waals surface area contributed by atoms with Gasteiger partial charge in [-0.05, 0) is 71.0 Å². The van der Waals surface area contributed by atoms with Gasteiger partial charge in [-0.2, -0.15) is 0 Å². The number of carbonyl (C=O) groups is 1. The van der Waals surface area contributed by atoms with Gasteiger partial charge in [-0.25, -0.2) is 0 Å². The van der Waals surface area contributed by atoms with Gasteiger partial charge in [0.25, 0.3) is 0 Å². The molecule has 0 spiro atoms. The Kier molecular flexibility index (Phi) is 7.01. The van der Waals surface area contributed by atoms with Gasteiger partial charge in [0, 0.05) is 27.0 Å². The van der Waals surface area contributed by atoms with Crippen molar-refractivity contribution in [3.63, 3.8) is 0 Å². The Morgan fingerprint density at radius 3 is 2.56 bits per heavy atom. The second-order valence-corrected chi connectivity index (χ2v) is 10.3. The van der Waals surface area contributed by atoms with Gasteiger partial charge in [-0.3, -0.25) is 4.79 Å². The first-order chi connectivity index (χ1) is 13.0. The van der Waals surface area contributed by atoms with Gasteiger partial charge >= 0.3 is 0 Å². The number of amides is 1. The number of fused-ring (bicyclic) bond motifs is 1. The Hall–Kier alpha value is -0.880. The molecule has 1 saturated heterocycles. The number of aryl methyl sites for hydroxylation is 1. The summed E-state index contributed by atoms with van der Waals surface area (Å²) in [4.78, 5) is 16.1. The zero-order chi connectivity index (χ0) is 19.4. The molecule has 0 N–H and O–H groups in total. The fourth-order valence-corrected chi connectivity index (χ4v) is 5.43. The van der Waals surface area contributed by atoms with Crippen LogP contribution in [0.1, 0.15) is 50.0 Å². The maximum Gasteiger partial charge on any atom is 0.226 e. The molecule has 2 fully saturated rings. The third-order valence-electron chi connectivity index (χ3n) is 6.10. The van der Waals surface area contributed by atoms with Crippen molar-refractivity contribution in [3.8, 4) is 0 Å². The number of benzene rings is 1. The number of rotatable bonds is 6. The average Bonchev–Trinajstić information content (AvgIpc) is 2.95. The van der Waals surface area contributed by atoms with Crippen LogP contribution < -0.4 is 0 Å². The third kappa shape index (κ3) is 4.58. The number of thiophene rings is 1. The van der Waals surface area contributed by atoms with E-state index in [-0.39, 0.29) is 11.3 Å². The molecule has 0 radical (unpaired) electrons. The number of halogens is 1. The minimum Gasteiger partial charge on any atom is -0.342 e. The van der Waals surface area contributed by atoms with Crippen LogP contribution in [0.4, 0.5) is 0 Å². The summed E-state index contributed by atoms with van der Waals surface area (Å²) in [6.45, 7) is 8.54. The van der Waals surface area contributed by atoms with Crippen molar-refractivity contribution >= 4 is 39.8 Å². The molecule has 1 saturated carbocycles. The van der Waals surface area contributed by atoms with E-state index in [0.717, 1.165) is 13.1 Å². The van der Waals surface area contributed by atoms with Crippen LogP contribution in [0.25, 0.3) is 0 Å². The highest BCUT2D eigenvalue weighted by atomic mass is 127. The number of hydrogen-bond donors (Lipinski definition) is 0. The molecule has 1 aliphatic heterocycles. The van der Waals surface area contributed by atoms with Gasteiger partial charge in [-0.1, -0.05) is 51.3 Å². The van der Waals surface area contributed by atoms with Crippen LogP contribution in [0.3, 0.4) is 0 Å². The van der Waals surface area contributed by atoms with Gasteiger partial charge in [-0.15, -0.1) is 11.3 Å². The van der Waals surface area contributed by atoms with Gasteiger partial charge in [0.05, 0.1) is 5.92 Å². The third-order valence-corrected chi connectivity index (χ3v) is 7.57. The first-order valence-corrected chi connectivity index (χ1v) is 12.0. The Morgan fingerprint density at radius 1 is 1.22 bits per heavy atom. The summed E-state index contributed by atoms with van der Waals surface area (Å²) in [5, 5.41) is 2.08. The largest absolute Gasteiger partial charge is 0.342 e. The molecule has 1 aromatic heterocycles. The lowest BCUT2D eigenvalue weighted by molar-refractivity contribution is -0.130. The summed E-state index contributed by atoms with van der Waals surface area (Å²) in [5.41, 5.74) is 1.45. The Bertz CT molecular complexity index is 759. The molecule has 4 rings (SSSR count). The smallest absolute Gasteiger partial charge is 0.226 e. The summed E-state index contributed by atoms with van der Waals surface area (Å²) in [7, 11) is 0. The minimum atomic E-state index is 0.0954. The normalized spacial score (nSPS) is 25.8. The van der Waals surface area contributed by atoms with Crippen molar-refractivity contribution in [1.82, 2.24) is 4.90 Å². The number of piperidine rings is 1. The summed E-state index contributed by atoms with van der Waals surface area (Å²) in [6.07, 6.45) is 4.96. The highest BCUT2D eigenvalue weighted by Gasteiger charge is 2.70. The highest BCUT2D eigenvalue weighted by Crippen LogP contribution is 2.63. The lowest BCUT2D eigenvalue weighted by Crippen LogP contribution is -2.34. The van der Waals surface area contributed by atoms with Crippen molar-refractivity contribution in [3.05, 3.63) is 55.8 Å². The summed E-state index contributed by atoms with van der Waals surface area (Å²) < 4.78 is 1.26. The highest BCUT2D eigenvalue weighted by molar-refractivity contribution is 14.1. The summed E-state index contributed by atoms with van der Waals surface area (Å²) in [6, 6.07) is 12.8. The number of unbranched alkanes of at least 4 members (excludes halogenated alkanes) is 3. The van der Waals surface area contributed by atoms with Gasteiger partial charge in [0.15, 0.2) is 0 Å². The molecule has 1 aliphatic carbocycles. The van der Waals surface area contributed by atoms with E-state index >= 15 is 0 Å². The fraction of sp³-hybridized carbons (Fsp3) is 0.522. The molecule has 146 valence electrons. The Morgan fingerprint density at radius 2 is 2.04 bits per heavy atom. The molecule has 2 aliphatic rings. The van der Waals surface area contributed by atoms with Crippen LogP contribution in [0.5, 0.6) is 0 Å². The van der Waals surface area contributed by atoms with Crippen molar-refractivity contribution in [2.24, 2.45) is 11.8 Å². The zero-order valence-corrected chi connectivity index (χ0v) is 19.6. The van der Waals surface area contributed by atoms with Crippen LogP contribution in [0.15, 0.2) is 41.8 Å². The van der Waals surface area contributed by atoms with Gasteiger partial charge in [0.2, 0.25) is 5.91 Å². The van der Waals surface area contributed by atoms with E-state index in [1.54, 1.807) is 11.3 Å². The van der Waals surface area contributed by atoms with E-state index in [0.29, 0.717) is 11.8 Å². The first-order valence-electron chi connectivity index (χ1n) is 10.0. The predicted molar refractivity (Wildman–Crippen MR) is 123 cm³/mol. The molecule has 2 aromatic rings. The topological polar surface area (TPSA) is 20.3 Å². The molecule has 0 bridgehead atoms. The number of likely N-dealkylation sites (tertiary alicyclic amines) is 1. The van der Waals surface area contributed by atoms with E-state index < -0.39 is 0 Å². The van der Waals surface area contributed by atoms with Crippen LogP contribution in [-0.2, 0) is 10.2 Å². The van der Waals surface area contributed by atoms with E-state index in [2.05, 4.69) is 90.0 Å². The van der Waals surface area contributed by atoms with E-state index in [9.17, 15) is 4.79 Å². The quantitative estimate of drug-likeness (QED) is 0.342. The molecular formula is C23H30INOS. The van der Waals surface area contributed by atoms with Crippen LogP contribution >= 0.6 is 33.9 Å². The van der Waals surface area contributed by atoms with Crippen molar-refractivity contribution in [1.29, 1.82) is 0 Å². The van der Waals surface area contributed by atoms with Gasteiger partial charge < -0.3 is 4.90 Å². The SMILES string of the molecule is CCCCCCN1CC2C(C1=O)C2(C)c1cccc(I)c1.Cc1cccs1. The molecule has 4 heteroatoms. The predicted octanol–water partition coefficient (Wildman–Crippen LogP) is 6.27. The monoisotopic (exact) mass is 495 g/mol. The molecule has 1 aromatic carbocycles. The molecular weight excluding hydrogens is 465 g/mol. The second kappa shape index (κ2) is 9.08. The fourth-order valence-electron chi connectivity index (χ4n) is 4.36. The van der Waals surface area contributed by atoms with E-state index in [1.807, 2.05) is 0 Å². The lowest BCUT2D eigenvalue weighted by Gasteiger charge is -2.24. The zero-order valence-electron chi connectivity index (χ0n) is 16.6. The summed E-state index contributed by atoms with van der Waals surface area (Å²) >= 11 is 4.14. The molecule has 1 amide bonds. The minimum absolute atomic E-state index is 0.0954. The number of carbonyl (C=O) groups excluding carboxylic acids is 1. The van der Waals surface area contributed by atoms with Crippen molar-refractivity contribution in [2.75, 3.05) is 13.1 Å². The van der Waals surface area contributed by atoms with Crippen LogP contribution in [0.2, 0.25) is 0 Å². The molecule has 3 unspecified atom stereocenters. The number of hydrogen-bond acceptors (Lipinski definition) is 2. The van der Waals surface area contributed by atoms with Crippen LogP contribution in [0, 0.1) is 22.3 Å². The molecule has 2 heterocycles. The lowest BCUT2D eigenvalue weighted by atomic mass is 9.92. The molecule has 27 heavy (non-hydrogen) atoms. The average molecular weight is 495 g/mol. The summed E-state index contributed by atoms with van der Waals surface area (Å²) in [5.74, 6) is 1.18. The van der Waals surface area contributed by atoms with Crippen molar-refractivity contribution < 1.29 is 4.79 Å². The van der Waals surface area contributed by atoms with E-state index in [4.69, 9.17) is 0 Å².